The zero-order valence-corrected chi connectivity index (χ0v) is 14.0. The molecular weight excluding hydrogens is 308 g/mol. The molecule has 0 saturated carbocycles. The van der Waals surface area contributed by atoms with Gasteiger partial charge in [-0.25, -0.2) is 0 Å². The average Bonchev–Trinajstić information content (AvgIpc) is 3.07. The Labute approximate surface area is 141 Å². The van der Waals surface area contributed by atoms with Gasteiger partial charge >= 0.3 is 0 Å². The molecule has 0 radical (unpaired) electrons. The molecule has 0 aliphatic rings. The number of carbonyl (C=O) groups excluding carboxylic acids is 2. The number of nitrogens with one attached hydrogen (secondary N) is 1. The predicted octanol–water partition coefficient (Wildman–Crippen LogP) is 2.46. The summed E-state index contributed by atoms with van der Waals surface area (Å²) in [6.07, 6.45) is 1.46. The number of hydrogen-bond donors (Lipinski definition) is 1. The van der Waals surface area contributed by atoms with Gasteiger partial charge in [-0.2, -0.15) is 0 Å². The van der Waals surface area contributed by atoms with E-state index < -0.39 is 0 Å². The van der Waals surface area contributed by atoms with Crippen molar-refractivity contribution in [2.75, 3.05) is 19.6 Å². The zero-order chi connectivity index (χ0) is 17.4. The molecule has 0 spiro atoms. The molecule has 0 unspecified atom stereocenters. The van der Waals surface area contributed by atoms with Crippen LogP contribution in [0.3, 0.4) is 0 Å². The van der Waals surface area contributed by atoms with Crippen LogP contribution in [-0.2, 0) is 11.4 Å². The van der Waals surface area contributed by atoms with Crippen molar-refractivity contribution in [2.24, 2.45) is 0 Å². The molecule has 0 fully saturated rings. The van der Waals surface area contributed by atoms with Gasteiger partial charge in [-0.3, -0.25) is 9.59 Å². The van der Waals surface area contributed by atoms with E-state index >= 15 is 0 Å². The lowest BCUT2D eigenvalue weighted by Gasteiger charge is -2.19. The lowest BCUT2D eigenvalue weighted by molar-refractivity contribution is -0.121. The second-order valence-corrected chi connectivity index (χ2v) is 5.15. The van der Waals surface area contributed by atoms with E-state index in [0.29, 0.717) is 24.4 Å². The normalized spacial score (nSPS) is 10.2. The number of amides is 2. The number of rotatable bonds is 8. The molecule has 1 heterocycles. The molecule has 0 saturated heterocycles. The quantitative estimate of drug-likeness (QED) is 0.807. The molecule has 0 bridgehead atoms. The molecule has 2 aromatic rings. The van der Waals surface area contributed by atoms with Gasteiger partial charge in [0, 0.05) is 18.7 Å². The van der Waals surface area contributed by atoms with Crippen molar-refractivity contribution in [3.05, 3.63) is 54.0 Å². The Morgan fingerprint density at radius 2 is 1.92 bits per heavy atom. The second-order valence-electron chi connectivity index (χ2n) is 5.15. The topological polar surface area (TPSA) is 71.8 Å². The molecule has 0 atom stereocenters. The van der Waals surface area contributed by atoms with Gasteiger partial charge in [0.1, 0.15) is 12.4 Å². The highest BCUT2D eigenvalue weighted by molar-refractivity contribution is 5.95. The van der Waals surface area contributed by atoms with Crippen LogP contribution in [0.1, 0.15) is 30.0 Å². The Kier molecular flexibility index (Phi) is 6.42. The van der Waals surface area contributed by atoms with Gasteiger partial charge in [-0.05, 0) is 32.0 Å². The van der Waals surface area contributed by atoms with Crippen LogP contribution in [0.15, 0.2) is 47.1 Å². The van der Waals surface area contributed by atoms with E-state index in [2.05, 4.69) is 5.32 Å². The Bertz CT molecular complexity index is 667. The van der Waals surface area contributed by atoms with Crippen LogP contribution < -0.4 is 10.1 Å². The van der Waals surface area contributed by atoms with Gasteiger partial charge in [0.05, 0.1) is 12.8 Å². The van der Waals surface area contributed by atoms with Crippen LogP contribution in [0.2, 0.25) is 0 Å². The summed E-state index contributed by atoms with van der Waals surface area (Å²) >= 11 is 0. The first-order chi connectivity index (χ1) is 11.7. The number of hydrogen-bond acceptors (Lipinski definition) is 4. The first-order valence-corrected chi connectivity index (χ1v) is 7.95. The van der Waals surface area contributed by atoms with Gasteiger partial charge in [0.15, 0.2) is 5.76 Å². The summed E-state index contributed by atoms with van der Waals surface area (Å²) in [4.78, 5) is 25.8. The van der Waals surface area contributed by atoms with Gasteiger partial charge in [0.25, 0.3) is 5.91 Å². The molecule has 1 aromatic heterocycles. The molecule has 0 aliphatic heterocycles. The molecule has 24 heavy (non-hydrogen) atoms. The van der Waals surface area contributed by atoms with Crippen LogP contribution >= 0.6 is 0 Å². The monoisotopic (exact) mass is 330 g/mol. The Morgan fingerprint density at radius 3 is 2.58 bits per heavy atom. The van der Waals surface area contributed by atoms with Crippen molar-refractivity contribution < 1.29 is 18.7 Å². The summed E-state index contributed by atoms with van der Waals surface area (Å²) in [5, 5.41) is 2.68. The molecule has 6 heteroatoms. The fourth-order valence-corrected chi connectivity index (χ4v) is 2.21. The van der Waals surface area contributed by atoms with Crippen molar-refractivity contribution in [3.63, 3.8) is 0 Å². The molecule has 2 rings (SSSR count). The maximum absolute atomic E-state index is 12.6. The maximum atomic E-state index is 12.6. The third-order valence-corrected chi connectivity index (χ3v) is 3.46. The van der Waals surface area contributed by atoms with Gasteiger partial charge in [-0.15, -0.1) is 0 Å². The van der Waals surface area contributed by atoms with Crippen molar-refractivity contribution in [3.8, 4) is 5.75 Å². The van der Waals surface area contributed by atoms with Crippen molar-refractivity contribution in [1.29, 1.82) is 0 Å². The Balaban J connectivity index is 2.04. The van der Waals surface area contributed by atoms with Crippen molar-refractivity contribution in [1.82, 2.24) is 10.2 Å². The molecule has 1 N–H and O–H groups in total. The lowest BCUT2D eigenvalue weighted by Crippen LogP contribution is -2.40. The first kappa shape index (κ1) is 17.6. The highest BCUT2D eigenvalue weighted by Gasteiger charge is 2.23. The SMILES string of the molecule is CCNC(=O)CN(CC)C(=O)c1occc1COc1ccccc1. The number of ether oxygens (including phenoxy) is 1. The number of furan rings is 1. The molecule has 128 valence electrons. The van der Waals surface area contributed by atoms with Crippen LogP contribution in [-0.4, -0.2) is 36.3 Å². The fourth-order valence-electron chi connectivity index (χ4n) is 2.21. The van der Waals surface area contributed by atoms with E-state index in [1.165, 1.54) is 11.2 Å². The van der Waals surface area contributed by atoms with Crippen LogP contribution in [0.4, 0.5) is 0 Å². The van der Waals surface area contributed by atoms with Crippen LogP contribution in [0, 0.1) is 0 Å². The standard InChI is InChI=1S/C18H22N2O4/c1-3-19-16(21)12-20(4-2)18(22)17-14(10-11-23-17)13-24-15-8-6-5-7-9-15/h5-11H,3-4,12-13H2,1-2H3,(H,19,21). The highest BCUT2D eigenvalue weighted by Crippen LogP contribution is 2.17. The van der Waals surface area contributed by atoms with E-state index in [9.17, 15) is 9.59 Å². The van der Waals surface area contributed by atoms with E-state index in [4.69, 9.17) is 9.15 Å². The third-order valence-electron chi connectivity index (χ3n) is 3.46. The van der Waals surface area contributed by atoms with Crippen LogP contribution in [0.25, 0.3) is 0 Å². The summed E-state index contributed by atoms with van der Waals surface area (Å²) < 4.78 is 11.0. The average molecular weight is 330 g/mol. The van der Waals surface area contributed by atoms with Gasteiger partial charge in [-0.1, -0.05) is 18.2 Å². The molecule has 1 aromatic carbocycles. The third kappa shape index (κ3) is 4.62. The summed E-state index contributed by atoms with van der Waals surface area (Å²) in [7, 11) is 0. The number of carbonyl (C=O) groups is 2. The minimum Gasteiger partial charge on any atom is -0.489 e. The number of nitrogens with zero attached hydrogens (tertiary/aromatic N) is 1. The smallest absolute Gasteiger partial charge is 0.290 e. The zero-order valence-electron chi connectivity index (χ0n) is 14.0. The first-order valence-electron chi connectivity index (χ1n) is 7.95. The van der Waals surface area contributed by atoms with E-state index in [-0.39, 0.29) is 30.7 Å². The van der Waals surface area contributed by atoms with Crippen molar-refractivity contribution in [2.45, 2.75) is 20.5 Å². The Hall–Kier alpha value is -2.76. The van der Waals surface area contributed by atoms with E-state index in [1.807, 2.05) is 44.2 Å². The summed E-state index contributed by atoms with van der Waals surface area (Å²) in [5.74, 6) is 0.408. The summed E-state index contributed by atoms with van der Waals surface area (Å²) in [6.45, 7) is 4.82. The van der Waals surface area contributed by atoms with E-state index in [0.717, 1.165) is 0 Å². The number of likely N-dealkylation sites (N-methyl/N-ethyl adjacent to an activating group) is 2. The van der Waals surface area contributed by atoms with Gasteiger partial charge < -0.3 is 19.4 Å². The molecular formula is C18H22N2O4. The number of para-hydroxylation sites is 1. The summed E-state index contributed by atoms with van der Waals surface area (Å²) in [6, 6.07) is 11.0. The van der Waals surface area contributed by atoms with E-state index in [1.54, 1.807) is 6.07 Å². The molecule has 2 amide bonds. The number of benzene rings is 1. The highest BCUT2D eigenvalue weighted by atomic mass is 16.5. The Morgan fingerprint density at radius 1 is 1.17 bits per heavy atom. The largest absolute Gasteiger partial charge is 0.489 e. The minimum atomic E-state index is -0.319. The predicted molar refractivity (Wildman–Crippen MR) is 89.7 cm³/mol. The maximum Gasteiger partial charge on any atom is 0.290 e. The second kappa shape index (κ2) is 8.76. The molecule has 0 aliphatic carbocycles. The molecule has 6 nitrogen and oxygen atoms in total. The van der Waals surface area contributed by atoms with Gasteiger partial charge in [0.2, 0.25) is 5.91 Å². The van der Waals surface area contributed by atoms with Crippen molar-refractivity contribution >= 4 is 11.8 Å². The fraction of sp³-hybridized carbons (Fsp3) is 0.333. The minimum absolute atomic E-state index is 0.00283. The van der Waals surface area contributed by atoms with Crippen LogP contribution in [0.5, 0.6) is 5.75 Å². The summed E-state index contributed by atoms with van der Waals surface area (Å²) in [5.41, 5.74) is 0.651. The lowest BCUT2D eigenvalue weighted by atomic mass is 10.2.